The Labute approximate surface area is 196 Å². The summed E-state index contributed by atoms with van der Waals surface area (Å²) in [4.78, 5) is 26.6. The van der Waals surface area contributed by atoms with Gasteiger partial charge in [-0.3, -0.25) is 14.9 Å². The fourth-order valence-electron chi connectivity index (χ4n) is 2.81. The van der Waals surface area contributed by atoms with E-state index in [0.29, 0.717) is 12.0 Å². The maximum atomic E-state index is 11.9. The first-order valence-corrected chi connectivity index (χ1v) is 12.9. The lowest BCUT2D eigenvalue weighted by atomic mass is 10.1. The standard InChI is InChI=1S/C22H29N3O5S2/c26-16-19-10-9-18(15-20(19)25(28)29)17-30-22(27)8-2-1-4-11-23-12-6-14-31-32-21-7-3-5-13-24-21/h3,5,7,9-10,13,15,23,26H,1-2,4,6,8,11-12,14,16-17H2. The van der Waals surface area contributed by atoms with Crippen LogP contribution in [0, 0.1) is 10.1 Å². The summed E-state index contributed by atoms with van der Waals surface area (Å²) in [5, 5.41) is 24.6. The van der Waals surface area contributed by atoms with E-state index in [2.05, 4.69) is 10.3 Å². The van der Waals surface area contributed by atoms with Crippen molar-refractivity contribution in [3.8, 4) is 0 Å². The van der Waals surface area contributed by atoms with Gasteiger partial charge in [0.2, 0.25) is 0 Å². The van der Waals surface area contributed by atoms with Gasteiger partial charge in [0.05, 0.1) is 17.1 Å². The van der Waals surface area contributed by atoms with Crippen molar-refractivity contribution in [3.63, 3.8) is 0 Å². The van der Waals surface area contributed by atoms with Gasteiger partial charge in [0, 0.05) is 24.4 Å². The summed E-state index contributed by atoms with van der Waals surface area (Å²) in [5.74, 6) is 0.751. The molecule has 2 N–H and O–H groups in total. The smallest absolute Gasteiger partial charge is 0.306 e. The number of esters is 1. The highest BCUT2D eigenvalue weighted by atomic mass is 33.1. The average Bonchev–Trinajstić information content (AvgIpc) is 2.81. The molecule has 0 radical (unpaired) electrons. The van der Waals surface area contributed by atoms with E-state index in [9.17, 15) is 14.9 Å². The molecular formula is C22H29N3O5S2. The van der Waals surface area contributed by atoms with Crippen LogP contribution in [0.15, 0.2) is 47.6 Å². The molecule has 0 aliphatic heterocycles. The number of nitro benzene ring substituents is 1. The second-order valence-corrected chi connectivity index (χ2v) is 9.46. The predicted molar refractivity (Wildman–Crippen MR) is 127 cm³/mol. The number of carbonyl (C=O) groups excluding carboxylic acids is 1. The van der Waals surface area contributed by atoms with E-state index < -0.39 is 11.5 Å². The molecular weight excluding hydrogens is 450 g/mol. The Morgan fingerprint density at radius 2 is 2.00 bits per heavy atom. The number of pyridine rings is 1. The molecule has 32 heavy (non-hydrogen) atoms. The lowest BCUT2D eigenvalue weighted by molar-refractivity contribution is -0.385. The van der Waals surface area contributed by atoms with Gasteiger partial charge in [0.1, 0.15) is 11.6 Å². The Bertz CT molecular complexity index is 840. The summed E-state index contributed by atoms with van der Waals surface area (Å²) in [6.45, 7) is 1.48. The molecule has 0 atom stereocenters. The number of nitro groups is 1. The van der Waals surface area contributed by atoms with Gasteiger partial charge in [0.15, 0.2) is 0 Å². The zero-order chi connectivity index (χ0) is 23.0. The molecule has 2 rings (SSSR count). The highest BCUT2D eigenvalue weighted by molar-refractivity contribution is 8.76. The molecule has 1 heterocycles. The minimum atomic E-state index is -0.551. The Morgan fingerprint density at radius 1 is 1.16 bits per heavy atom. The SMILES string of the molecule is O=C(CCCCCNCCCSSc1ccccn1)OCc1ccc(CO)c([N+](=O)[O-])c1. The molecule has 0 saturated heterocycles. The van der Waals surface area contributed by atoms with Gasteiger partial charge in [-0.05, 0) is 66.9 Å². The molecule has 0 amide bonds. The van der Waals surface area contributed by atoms with Crippen LogP contribution in [0.4, 0.5) is 5.69 Å². The van der Waals surface area contributed by atoms with E-state index in [1.165, 1.54) is 12.1 Å². The van der Waals surface area contributed by atoms with E-state index in [4.69, 9.17) is 9.84 Å². The Balaban J connectivity index is 1.45. The monoisotopic (exact) mass is 479 g/mol. The normalized spacial score (nSPS) is 10.8. The molecule has 0 unspecified atom stereocenters. The number of carbonyl (C=O) groups is 1. The van der Waals surface area contributed by atoms with Crippen molar-refractivity contribution < 1.29 is 19.6 Å². The number of nitrogens with one attached hydrogen (secondary N) is 1. The van der Waals surface area contributed by atoms with Gasteiger partial charge in [-0.2, -0.15) is 0 Å². The summed E-state index contributed by atoms with van der Waals surface area (Å²) in [5.41, 5.74) is 0.600. The number of rotatable bonds is 16. The second kappa shape index (κ2) is 15.6. The van der Waals surface area contributed by atoms with E-state index in [0.717, 1.165) is 49.6 Å². The maximum absolute atomic E-state index is 11.9. The lowest BCUT2D eigenvalue weighted by Crippen LogP contribution is -2.17. The van der Waals surface area contributed by atoms with Crippen molar-refractivity contribution in [2.45, 2.75) is 50.3 Å². The number of aliphatic hydroxyl groups is 1. The van der Waals surface area contributed by atoms with Crippen LogP contribution in [0.2, 0.25) is 0 Å². The highest BCUT2D eigenvalue weighted by Gasteiger charge is 2.14. The summed E-state index contributed by atoms with van der Waals surface area (Å²) in [6, 6.07) is 10.3. The van der Waals surface area contributed by atoms with Crippen LogP contribution >= 0.6 is 21.6 Å². The first-order valence-electron chi connectivity index (χ1n) is 10.5. The van der Waals surface area contributed by atoms with Crippen molar-refractivity contribution in [3.05, 3.63) is 63.8 Å². The minimum Gasteiger partial charge on any atom is -0.461 e. The topological polar surface area (TPSA) is 115 Å². The summed E-state index contributed by atoms with van der Waals surface area (Å²) in [6.07, 6.45) is 5.91. The lowest BCUT2D eigenvalue weighted by Gasteiger charge is -2.07. The van der Waals surface area contributed by atoms with Crippen LogP contribution in [0.3, 0.4) is 0 Å². The Morgan fingerprint density at radius 3 is 2.75 bits per heavy atom. The van der Waals surface area contributed by atoms with Crippen LogP contribution in [0.5, 0.6) is 0 Å². The fourth-order valence-corrected chi connectivity index (χ4v) is 4.78. The van der Waals surface area contributed by atoms with Gasteiger partial charge in [-0.1, -0.05) is 29.3 Å². The average molecular weight is 480 g/mol. The van der Waals surface area contributed by atoms with Crippen LogP contribution in [-0.4, -0.2) is 39.8 Å². The molecule has 0 aliphatic carbocycles. The van der Waals surface area contributed by atoms with Crippen LogP contribution < -0.4 is 5.32 Å². The summed E-state index contributed by atoms with van der Waals surface area (Å²) < 4.78 is 5.20. The predicted octanol–water partition coefficient (Wildman–Crippen LogP) is 4.51. The molecule has 10 heteroatoms. The molecule has 8 nitrogen and oxygen atoms in total. The van der Waals surface area contributed by atoms with Crippen molar-refractivity contribution in [1.82, 2.24) is 10.3 Å². The summed E-state index contributed by atoms with van der Waals surface area (Å²) >= 11 is 0. The number of benzene rings is 1. The number of nitrogens with zero attached hydrogens (tertiary/aromatic N) is 2. The van der Waals surface area contributed by atoms with Gasteiger partial charge >= 0.3 is 5.97 Å². The molecule has 1 aromatic heterocycles. The first kappa shape index (κ1) is 26.1. The van der Waals surface area contributed by atoms with E-state index in [-0.39, 0.29) is 23.8 Å². The third-order valence-electron chi connectivity index (χ3n) is 4.51. The maximum Gasteiger partial charge on any atom is 0.306 e. The van der Waals surface area contributed by atoms with Crippen molar-refractivity contribution in [2.24, 2.45) is 0 Å². The molecule has 1 aromatic carbocycles. The fraction of sp³-hybridized carbons (Fsp3) is 0.455. The van der Waals surface area contributed by atoms with Crippen LogP contribution in [0.1, 0.15) is 43.2 Å². The summed E-state index contributed by atoms with van der Waals surface area (Å²) in [7, 11) is 3.50. The quantitative estimate of drug-likeness (QED) is 0.118. The third-order valence-corrected chi connectivity index (χ3v) is 6.87. The number of unbranched alkanes of at least 4 members (excludes halogenated alkanes) is 2. The van der Waals surface area contributed by atoms with Gasteiger partial charge in [-0.25, -0.2) is 4.98 Å². The number of aromatic nitrogens is 1. The highest BCUT2D eigenvalue weighted by Crippen LogP contribution is 2.29. The number of hydrogen-bond donors (Lipinski definition) is 2. The molecule has 0 bridgehead atoms. The zero-order valence-corrected chi connectivity index (χ0v) is 19.5. The van der Waals surface area contributed by atoms with Crippen molar-refractivity contribution >= 4 is 33.2 Å². The molecule has 0 fully saturated rings. The van der Waals surface area contributed by atoms with Gasteiger partial charge in [0.25, 0.3) is 5.69 Å². The van der Waals surface area contributed by atoms with E-state index in [1.807, 2.05) is 18.2 Å². The van der Waals surface area contributed by atoms with Gasteiger partial charge in [-0.15, -0.1) is 0 Å². The minimum absolute atomic E-state index is 0.0103. The van der Waals surface area contributed by atoms with Crippen molar-refractivity contribution in [2.75, 3.05) is 18.8 Å². The van der Waals surface area contributed by atoms with E-state index in [1.54, 1.807) is 33.9 Å². The Kier molecular flexibility index (Phi) is 12.8. The molecule has 174 valence electrons. The second-order valence-electron chi connectivity index (χ2n) is 7.03. The third kappa shape index (κ3) is 10.4. The number of ether oxygens (including phenoxy) is 1. The largest absolute Gasteiger partial charge is 0.461 e. The van der Waals surface area contributed by atoms with Crippen LogP contribution in [-0.2, 0) is 22.7 Å². The van der Waals surface area contributed by atoms with Crippen LogP contribution in [0.25, 0.3) is 0 Å². The number of aliphatic hydroxyl groups excluding tert-OH is 1. The first-order chi connectivity index (χ1) is 15.6. The zero-order valence-electron chi connectivity index (χ0n) is 17.9. The Hall–Kier alpha value is -2.14. The van der Waals surface area contributed by atoms with Gasteiger partial charge < -0.3 is 15.2 Å². The molecule has 0 spiro atoms. The van der Waals surface area contributed by atoms with E-state index >= 15 is 0 Å². The number of hydrogen-bond acceptors (Lipinski definition) is 9. The molecule has 0 aliphatic rings. The molecule has 0 saturated carbocycles. The molecule has 2 aromatic rings. The van der Waals surface area contributed by atoms with Crippen molar-refractivity contribution in [1.29, 1.82) is 0 Å².